The van der Waals surface area contributed by atoms with Gasteiger partial charge in [-0.1, -0.05) is 18.2 Å². The highest BCUT2D eigenvalue weighted by molar-refractivity contribution is 5.97. The van der Waals surface area contributed by atoms with Crippen LogP contribution in [0.4, 0.5) is 11.4 Å². The zero-order valence-corrected chi connectivity index (χ0v) is 17.2. The number of anilines is 2. The summed E-state index contributed by atoms with van der Waals surface area (Å²) >= 11 is 0. The predicted molar refractivity (Wildman–Crippen MR) is 119 cm³/mol. The van der Waals surface area contributed by atoms with Crippen LogP contribution in [0.15, 0.2) is 54.6 Å². The summed E-state index contributed by atoms with van der Waals surface area (Å²) in [5.41, 5.74) is 4.11. The highest BCUT2D eigenvalue weighted by atomic mass is 16.5. The average Bonchev–Trinajstić information content (AvgIpc) is 2.77. The van der Waals surface area contributed by atoms with E-state index in [9.17, 15) is 4.79 Å². The number of aryl methyl sites for hydroxylation is 1. The Morgan fingerprint density at radius 2 is 1.87 bits per heavy atom. The lowest BCUT2D eigenvalue weighted by molar-refractivity contribution is -0.124. The smallest absolute Gasteiger partial charge is 0.265 e. The Hall–Kier alpha value is -3.12. The highest BCUT2D eigenvalue weighted by Crippen LogP contribution is 2.30. The Bertz CT molecular complexity index is 1080. The molecule has 1 atom stereocenters. The first-order chi connectivity index (χ1) is 14.7. The van der Waals surface area contributed by atoms with E-state index in [1.54, 1.807) is 0 Å². The van der Waals surface area contributed by atoms with Gasteiger partial charge in [0.15, 0.2) is 6.10 Å². The summed E-state index contributed by atoms with van der Waals surface area (Å²) in [7, 11) is 0. The second-order valence-electron chi connectivity index (χ2n) is 8.01. The molecule has 3 aromatic rings. The zero-order chi connectivity index (χ0) is 20.5. The Kier molecular flexibility index (Phi) is 5.01. The van der Waals surface area contributed by atoms with Gasteiger partial charge in [-0.05, 0) is 43.3 Å². The van der Waals surface area contributed by atoms with Gasteiger partial charge in [0.1, 0.15) is 5.75 Å². The molecule has 1 unspecified atom stereocenters. The van der Waals surface area contributed by atoms with Crippen molar-refractivity contribution < 1.29 is 9.53 Å². The summed E-state index contributed by atoms with van der Waals surface area (Å²) in [6.45, 7) is 6.76. The standard InChI is InChI=1S/C24H26N4O2/c1-17-9-10-18-19(25-17)6-4-7-21(18)28-15-13-27(14-16-28)12-11-23-24(29)26-20-5-2-3-8-22(20)30-23/h2-10,23H,11-16H2,1H3,(H,26,29). The normalized spacial score (nSPS) is 19.3. The lowest BCUT2D eigenvalue weighted by Crippen LogP contribution is -2.48. The van der Waals surface area contributed by atoms with Gasteiger partial charge in [-0.25, -0.2) is 0 Å². The maximum atomic E-state index is 12.3. The van der Waals surface area contributed by atoms with E-state index in [4.69, 9.17) is 4.74 Å². The molecule has 6 nitrogen and oxygen atoms in total. The molecule has 0 spiro atoms. The SMILES string of the molecule is Cc1ccc2c(N3CCN(CCC4Oc5ccccc5NC4=O)CC3)cccc2n1. The van der Waals surface area contributed by atoms with E-state index in [1.807, 2.05) is 31.2 Å². The number of rotatable bonds is 4. The number of hydrogen-bond donors (Lipinski definition) is 1. The average molecular weight is 402 g/mol. The van der Waals surface area contributed by atoms with Crippen LogP contribution in [0.5, 0.6) is 5.75 Å². The number of carbonyl (C=O) groups excluding carboxylic acids is 1. The number of amides is 1. The van der Waals surface area contributed by atoms with E-state index in [-0.39, 0.29) is 5.91 Å². The number of ether oxygens (including phenoxy) is 1. The third kappa shape index (κ3) is 3.71. The molecule has 30 heavy (non-hydrogen) atoms. The van der Waals surface area contributed by atoms with Crippen LogP contribution in [0.3, 0.4) is 0 Å². The second kappa shape index (κ2) is 7.95. The molecule has 1 fully saturated rings. The molecule has 0 bridgehead atoms. The molecule has 6 heteroatoms. The fraction of sp³-hybridized carbons (Fsp3) is 0.333. The summed E-state index contributed by atoms with van der Waals surface area (Å²) in [6.07, 6.45) is 0.266. The molecule has 1 aromatic heterocycles. The number of benzene rings is 2. The van der Waals surface area contributed by atoms with Gasteiger partial charge in [-0.2, -0.15) is 0 Å². The van der Waals surface area contributed by atoms with Gasteiger partial charge in [0.25, 0.3) is 5.91 Å². The number of hydrogen-bond acceptors (Lipinski definition) is 5. The number of aromatic nitrogens is 1. The number of nitrogens with one attached hydrogen (secondary N) is 1. The molecule has 1 N–H and O–H groups in total. The maximum absolute atomic E-state index is 12.3. The first-order valence-corrected chi connectivity index (χ1v) is 10.6. The molecular formula is C24H26N4O2. The number of nitrogens with zero attached hydrogens (tertiary/aromatic N) is 3. The molecule has 3 heterocycles. The van der Waals surface area contributed by atoms with Gasteiger partial charge in [0, 0.05) is 55.9 Å². The van der Waals surface area contributed by atoms with Crippen molar-refractivity contribution in [1.82, 2.24) is 9.88 Å². The highest BCUT2D eigenvalue weighted by Gasteiger charge is 2.28. The third-order valence-electron chi connectivity index (χ3n) is 5.98. The van der Waals surface area contributed by atoms with Gasteiger partial charge < -0.3 is 15.0 Å². The fourth-order valence-corrected chi connectivity index (χ4v) is 4.31. The van der Waals surface area contributed by atoms with E-state index < -0.39 is 6.10 Å². The Morgan fingerprint density at radius 1 is 1.03 bits per heavy atom. The first-order valence-electron chi connectivity index (χ1n) is 10.6. The van der Waals surface area contributed by atoms with Crippen LogP contribution in [-0.4, -0.2) is 54.6 Å². The topological polar surface area (TPSA) is 57.7 Å². The number of piperazine rings is 1. The van der Waals surface area contributed by atoms with Crippen molar-refractivity contribution >= 4 is 28.2 Å². The van der Waals surface area contributed by atoms with E-state index in [2.05, 4.69) is 50.4 Å². The molecule has 0 saturated carbocycles. The van der Waals surface area contributed by atoms with Crippen LogP contribution in [0.1, 0.15) is 12.1 Å². The number of para-hydroxylation sites is 2. The lowest BCUT2D eigenvalue weighted by atomic mass is 10.1. The number of carbonyl (C=O) groups is 1. The third-order valence-corrected chi connectivity index (χ3v) is 5.98. The predicted octanol–water partition coefficient (Wildman–Crippen LogP) is 3.46. The van der Waals surface area contributed by atoms with Crippen LogP contribution in [0.25, 0.3) is 10.9 Å². The molecule has 5 rings (SSSR count). The molecule has 0 radical (unpaired) electrons. The van der Waals surface area contributed by atoms with Gasteiger partial charge in [-0.15, -0.1) is 0 Å². The molecular weight excluding hydrogens is 376 g/mol. The van der Waals surface area contributed by atoms with Crippen LogP contribution >= 0.6 is 0 Å². The van der Waals surface area contributed by atoms with Crippen molar-refractivity contribution in [2.24, 2.45) is 0 Å². The van der Waals surface area contributed by atoms with Crippen LogP contribution < -0.4 is 15.0 Å². The van der Waals surface area contributed by atoms with Gasteiger partial charge in [0.05, 0.1) is 11.2 Å². The van der Waals surface area contributed by atoms with E-state index in [0.717, 1.165) is 55.4 Å². The van der Waals surface area contributed by atoms with E-state index in [0.29, 0.717) is 6.42 Å². The quantitative estimate of drug-likeness (QED) is 0.724. The second-order valence-corrected chi connectivity index (χ2v) is 8.01. The molecule has 2 aliphatic rings. The minimum atomic E-state index is -0.426. The zero-order valence-electron chi connectivity index (χ0n) is 17.2. The summed E-state index contributed by atoms with van der Waals surface area (Å²) < 4.78 is 5.93. The van der Waals surface area contributed by atoms with Crippen LogP contribution in [0, 0.1) is 6.92 Å². The molecule has 2 aliphatic heterocycles. The first kappa shape index (κ1) is 18.9. The molecule has 0 aliphatic carbocycles. The summed E-state index contributed by atoms with van der Waals surface area (Å²) in [5.74, 6) is 0.706. The van der Waals surface area contributed by atoms with Gasteiger partial charge in [-0.3, -0.25) is 14.7 Å². The van der Waals surface area contributed by atoms with Crippen molar-refractivity contribution in [3.8, 4) is 5.75 Å². The fourth-order valence-electron chi connectivity index (χ4n) is 4.31. The van der Waals surface area contributed by atoms with E-state index in [1.165, 1.54) is 11.1 Å². The number of pyridine rings is 1. The van der Waals surface area contributed by atoms with Gasteiger partial charge in [0.2, 0.25) is 0 Å². The molecule has 154 valence electrons. The summed E-state index contributed by atoms with van der Waals surface area (Å²) in [6, 6.07) is 18.2. The summed E-state index contributed by atoms with van der Waals surface area (Å²) in [4.78, 5) is 21.9. The molecule has 1 saturated heterocycles. The van der Waals surface area contributed by atoms with Crippen molar-refractivity contribution in [3.05, 3.63) is 60.3 Å². The van der Waals surface area contributed by atoms with Crippen molar-refractivity contribution in [2.75, 3.05) is 42.9 Å². The monoisotopic (exact) mass is 402 g/mol. The molecule has 2 aromatic carbocycles. The van der Waals surface area contributed by atoms with Crippen molar-refractivity contribution in [2.45, 2.75) is 19.4 Å². The molecule has 1 amide bonds. The van der Waals surface area contributed by atoms with E-state index >= 15 is 0 Å². The summed E-state index contributed by atoms with van der Waals surface area (Å²) in [5, 5.41) is 4.16. The Labute approximate surface area is 176 Å². The van der Waals surface area contributed by atoms with Crippen molar-refractivity contribution in [3.63, 3.8) is 0 Å². The maximum Gasteiger partial charge on any atom is 0.265 e. The minimum Gasteiger partial charge on any atom is -0.478 e. The van der Waals surface area contributed by atoms with Crippen LogP contribution in [0.2, 0.25) is 0 Å². The van der Waals surface area contributed by atoms with Gasteiger partial charge >= 0.3 is 0 Å². The van der Waals surface area contributed by atoms with Crippen molar-refractivity contribution in [1.29, 1.82) is 0 Å². The largest absolute Gasteiger partial charge is 0.478 e. The van der Waals surface area contributed by atoms with Crippen LogP contribution in [-0.2, 0) is 4.79 Å². The Balaban J connectivity index is 1.19. The Morgan fingerprint density at radius 3 is 2.73 bits per heavy atom. The lowest BCUT2D eigenvalue weighted by Gasteiger charge is -2.37. The minimum absolute atomic E-state index is 0.0501. The number of fused-ring (bicyclic) bond motifs is 2.